The molecule has 1 atom stereocenters. The van der Waals surface area contributed by atoms with Crippen LogP contribution in [-0.2, 0) is 0 Å². The standard InChI is InChI=1S/C22H17FN2/c1-15(22-14-24-20-9-5-6-10-21(20)25-22)17-11-12-18(19(23)13-17)16-7-3-2-4-8-16/h2-15H,1H3. The van der Waals surface area contributed by atoms with Gasteiger partial charge in [0.15, 0.2) is 0 Å². The van der Waals surface area contributed by atoms with Gasteiger partial charge in [0.25, 0.3) is 0 Å². The fraction of sp³-hybridized carbons (Fsp3) is 0.0909. The van der Waals surface area contributed by atoms with E-state index in [-0.39, 0.29) is 11.7 Å². The number of hydrogen-bond donors (Lipinski definition) is 0. The molecule has 1 unspecified atom stereocenters. The molecule has 0 fully saturated rings. The highest BCUT2D eigenvalue weighted by atomic mass is 19.1. The van der Waals surface area contributed by atoms with Gasteiger partial charge in [-0.25, -0.2) is 9.37 Å². The summed E-state index contributed by atoms with van der Waals surface area (Å²) in [5, 5.41) is 0. The van der Waals surface area contributed by atoms with Crippen molar-refractivity contribution < 1.29 is 4.39 Å². The average molecular weight is 328 g/mol. The Morgan fingerprint density at radius 1 is 0.840 bits per heavy atom. The minimum atomic E-state index is -0.218. The van der Waals surface area contributed by atoms with E-state index in [2.05, 4.69) is 9.97 Å². The topological polar surface area (TPSA) is 25.8 Å². The van der Waals surface area contributed by atoms with Crippen LogP contribution < -0.4 is 0 Å². The monoisotopic (exact) mass is 328 g/mol. The summed E-state index contributed by atoms with van der Waals surface area (Å²) >= 11 is 0. The molecule has 4 aromatic rings. The summed E-state index contributed by atoms with van der Waals surface area (Å²) in [6.07, 6.45) is 1.77. The van der Waals surface area contributed by atoms with E-state index in [1.54, 1.807) is 12.3 Å². The van der Waals surface area contributed by atoms with Crippen molar-refractivity contribution in [2.45, 2.75) is 12.8 Å². The Labute approximate surface area is 146 Å². The maximum atomic E-state index is 14.6. The molecule has 0 saturated carbocycles. The second-order valence-corrected chi connectivity index (χ2v) is 6.11. The molecule has 0 spiro atoms. The Morgan fingerprint density at radius 3 is 2.32 bits per heavy atom. The van der Waals surface area contributed by atoms with Gasteiger partial charge in [0, 0.05) is 17.7 Å². The van der Waals surface area contributed by atoms with E-state index in [1.807, 2.05) is 73.7 Å². The fourth-order valence-electron chi connectivity index (χ4n) is 3.00. The van der Waals surface area contributed by atoms with E-state index in [4.69, 9.17) is 0 Å². The van der Waals surface area contributed by atoms with Crippen LogP contribution in [0, 0.1) is 5.82 Å². The molecule has 3 heteroatoms. The molecule has 2 nitrogen and oxygen atoms in total. The van der Waals surface area contributed by atoms with Crippen LogP contribution in [0.4, 0.5) is 4.39 Å². The minimum absolute atomic E-state index is 0.0311. The molecular formula is C22H17FN2. The summed E-state index contributed by atoms with van der Waals surface area (Å²) < 4.78 is 14.6. The fourth-order valence-corrected chi connectivity index (χ4v) is 3.00. The summed E-state index contributed by atoms with van der Waals surface area (Å²) in [7, 11) is 0. The Bertz CT molecular complexity index is 1030. The molecule has 4 rings (SSSR count). The first-order valence-corrected chi connectivity index (χ1v) is 8.29. The third-order valence-corrected chi connectivity index (χ3v) is 4.49. The molecule has 0 aliphatic rings. The quantitative estimate of drug-likeness (QED) is 0.490. The number of para-hydroxylation sites is 2. The summed E-state index contributed by atoms with van der Waals surface area (Å²) in [4.78, 5) is 9.14. The number of benzene rings is 3. The lowest BCUT2D eigenvalue weighted by molar-refractivity contribution is 0.627. The first-order chi connectivity index (χ1) is 12.2. The summed E-state index contributed by atoms with van der Waals surface area (Å²) in [5.41, 5.74) is 4.94. The number of aromatic nitrogens is 2. The number of fused-ring (bicyclic) bond motifs is 1. The normalized spacial score (nSPS) is 12.2. The predicted octanol–water partition coefficient (Wildman–Crippen LogP) is 5.59. The van der Waals surface area contributed by atoms with Crippen molar-refractivity contribution in [1.29, 1.82) is 0 Å². The van der Waals surface area contributed by atoms with Crippen molar-refractivity contribution >= 4 is 11.0 Å². The average Bonchev–Trinajstić information content (AvgIpc) is 2.67. The molecular weight excluding hydrogens is 311 g/mol. The largest absolute Gasteiger partial charge is 0.253 e. The van der Waals surface area contributed by atoms with Crippen LogP contribution in [0.3, 0.4) is 0 Å². The lowest BCUT2D eigenvalue weighted by Crippen LogP contribution is -2.01. The number of halogens is 1. The maximum Gasteiger partial charge on any atom is 0.131 e. The lowest BCUT2D eigenvalue weighted by atomic mass is 9.95. The molecule has 0 N–H and O–H groups in total. The van der Waals surface area contributed by atoms with Gasteiger partial charge in [0.05, 0.1) is 16.7 Å². The Morgan fingerprint density at radius 2 is 1.56 bits per heavy atom. The van der Waals surface area contributed by atoms with E-state index >= 15 is 0 Å². The number of hydrogen-bond acceptors (Lipinski definition) is 2. The maximum absolute atomic E-state index is 14.6. The van der Waals surface area contributed by atoms with Crippen LogP contribution >= 0.6 is 0 Å². The molecule has 0 aliphatic carbocycles. The zero-order chi connectivity index (χ0) is 17.2. The van der Waals surface area contributed by atoms with Gasteiger partial charge < -0.3 is 0 Å². The molecule has 0 aliphatic heterocycles. The van der Waals surface area contributed by atoms with E-state index in [1.165, 1.54) is 0 Å². The molecule has 25 heavy (non-hydrogen) atoms. The molecule has 3 aromatic carbocycles. The zero-order valence-corrected chi connectivity index (χ0v) is 13.9. The smallest absolute Gasteiger partial charge is 0.131 e. The molecule has 1 aromatic heterocycles. The second kappa shape index (κ2) is 6.44. The Hall–Kier alpha value is -3.07. The van der Waals surface area contributed by atoms with E-state index < -0.39 is 0 Å². The summed E-state index contributed by atoms with van der Waals surface area (Å²) in [5.74, 6) is -0.249. The van der Waals surface area contributed by atoms with Crippen LogP contribution in [0.15, 0.2) is 79.0 Å². The second-order valence-electron chi connectivity index (χ2n) is 6.11. The molecule has 0 radical (unpaired) electrons. The van der Waals surface area contributed by atoms with Crippen molar-refractivity contribution in [3.63, 3.8) is 0 Å². The van der Waals surface area contributed by atoms with Gasteiger partial charge in [-0.2, -0.15) is 0 Å². The van der Waals surface area contributed by atoms with Crippen molar-refractivity contribution in [1.82, 2.24) is 9.97 Å². The van der Waals surface area contributed by atoms with E-state index in [0.717, 1.165) is 27.9 Å². The third kappa shape index (κ3) is 3.01. The van der Waals surface area contributed by atoms with E-state index in [0.29, 0.717) is 5.56 Å². The predicted molar refractivity (Wildman–Crippen MR) is 98.9 cm³/mol. The highest BCUT2D eigenvalue weighted by Crippen LogP contribution is 2.29. The molecule has 0 saturated heterocycles. The Balaban J connectivity index is 1.70. The first-order valence-electron chi connectivity index (χ1n) is 8.29. The van der Waals surface area contributed by atoms with Crippen molar-refractivity contribution in [2.75, 3.05) is 0 Å². The van der Waals surface area contributed by atoms with Gasteiger partial charge in [-0.05, 0) is 29.3 Å². The summed E-state index contributed by atoms with van der Waals surface area (Å²) in [6, 6.07) is 22.7. The molecule has 0 amide bonds. The van der Waals surface area contributed by atoms with Crippen molar-refractivity contribution in [3.05, 3.63) is 96.1 Å². The minimum Gasteiger partial charge on any atom is -0.253 e. The van der Waals surface area contributed by atoms with Gasteiger partial charge in [0.2, 0.25) is 0 Å². The number of nitrogens with zero attached hydrogens (tertiary/aromatic N) is 2. The van der Waals surface area contributed by atoms with Gasteiger partial charge in [-0.15, -0.1) is 0 Å². The molecule has 1 heterocycles. The Kier molecular flexibility index (Phi) is 3.98. The van der Waals surface area contributed by atoms with E-state index in [9.17, 15) is 4.39 Å². The van der Waals surface area contributed by atoms with Gasteiger partial charge in [-0.3, -0.25) is 4.98 Å². The highest BCUT2D eigenvalue weighted by Gasteiger charge is 2.14. The van der Waals surface area contributed by atoms with Crippen LogP contribution in [0.2, 0.25) is 0 Å². The van der Waals surface area contributed by atoms with Crippen molar-refractivity contribution in [2.24, 2.45) is 0 Å². The number of rotatable bonds is 3. The van der Waals surface area contributed by atoms with Crippen LogP contribution in [0.5, 0.6) is 0 Å². The highest BCUT2D eigenvalue weighted by molar-refractivity contribution is 5.73. The van der Waals surface area contributed by atoms with Crippen LogP contribution in [0.25, 0.3) is 22.2 Å². The van der Waals surface area contributed by atoms with Gasteiger partial charge >= 0.3 is 0 Å². The summed E-state index contributed by atoms with van der Waals surface area (Å²) in [6.45, 7) is 2.02. The van der Waals surface area contributed by atoms with Crippen LogP contribution in [0.1, 0.15) is 24.1 Å². The molecule has 122 valence electrons. The third-order valence-electron chi connectivity index (χ3n) is 4.49. The first kappa shape index (κ1) is 15.5. The zero-order valence-electron chi connectivity index (χ0n) is 13.9. The lowest BCUT2D eigenvalue weighted by Gasteiger charge is -2.13. The van der Waals surface area contributed by atoms with Crippen molar-refractivity contribution in [3.8, 4) is 11.1 Å². The molecule has 0 bridgehead atoms. The van der Waals surface area contributed by atoms with Crippen LogP contribution in [-0.4, -0.2) is 9.97 Å². The van der Waals surface area contributed by atoms with Gasteiger partial charge in [-0.1, -0.05) is 61.5 Å². The SMILES string of the molecule is CC(c1ccc(-c2ccccc2)c(F)c1)c1cnc2ccccc2n1. The van der Waals surface area contributed by atoms with Gasteiger partial charge in [0.1, 0.15) is 5.82 Å².